The van der Waals surface area contributed by atoms with E-state index >= 15 is 0 Å². The minimum absolute atomic E-state index is 0. The highest BCUT2D eigenvalue weighted by atomic mass is 35.5. The number of hydrogen-bond acceptors (Lipinski definition) is 7. The summed E-state index contributed by atoms with van der Waals surface area (Å²) in [4.78, 5) is 22.1. The first-order chi connectivity index (χ1) is 12.5. The fraction of sp³-hybridized carbons (Fsp3) is 0.611. The zero-order valence-corrected chi connectivity index (χ0v) is 17.5. The smallest absolute Gasteiger partial charge is 0.239 e. The molecule has 0 unspecified atom stereocenters. The van der Waals surface area contributed by atoms with Gasteiger partial charge in [-0.05, 0) is 30.3 Å². The van der Waals surface area contributed by atoms with Crippen molar-refractivity contribution in [3.63, 3.8) is 0 Å². The van der Waals surface area contributed by atoms with Crippen LogP contribution in [0, 0.1) is 5.92 Å². The first-order valence-corrected chi connectivity index (χ1v) is 10.1. The van der Waals surface area contributed by atoms with Gasteiger partial charge in [-0.15, -0.1) is 23.7 Å². The number of carbonyl (C=O) groups is 1. The van der Waals surface area contributed by atoms with Crippen molar-refractivity contribution >= 4 is 29.7 Å². The molecule has 0 aromatic carbocycles. The Kier molecular flexibility index (Phi) is 8.22. The molecule has 0 aliphatic carbocycles. The van der Waals surface area contributed by atoms with Crippen molar-refractivity contribution in [3.8, 4) is 10.7 Å². The average molecular weight is 414 g/mol. The topological polar surface area (TPSA) is 88.5 Å². The summed E-state index contributed by atoms with van der Waals surface area (Å²) >= 11 is 1.61. The third-order valence-electron chi connectivity index (χ3n) is 4.76. The first-order valence-electron chi connectivity index (χ1n) is 9.18. The van der Waals surface area contributed by atoms with Gasteiger partial charge in [0.1, 0.15) is 0 Å². The molecule has 1 atom stereocenters. The molecule has 0 bridgehead atoms. The van der Waals surface area contributed by atoms with Crippen molar-refractivity contribution in [2.45, 2.75) is 32.7 Å². The molecule has 0 spiro atoms. The van der Waals surface area contributed by atoms with Gasteiger partial charge in [0.05, 0.1) is 10.9 Å². The van der Waals surface area contributed by atoms with E-state index in [4.69, 9.17) is 10.3 Å². The zero-order valence-electron chi connectivity index (χ0n) is 15.8. The summed E-state index contributed by atoms with van der Waals surface area (Å²) in [6.45, 7) is 8.22. The third kappa shape index (κ3) is 5.75. The number of halogens is 1. The number of aryl methyl sites for hydroxylation is 1. The summed E-state index contributed by atoms with van der Waals surface area (Å²) in [7, 11) is 0. The van der Waals surface area contributed by atoms with Crippen molar-refractivity contribution in [1.29, 1.82) is 0 Å². The molecule has 2 aromatic rings. The standard InChI is InChI=1S/C18H27N5O2S.ClH/c1-13(2)16(19)18(24)23-10-8-22(9-11-23)7-3-6-15-20-17(21-25-15)14-5-4-12-26-14;/h4-5,12-13,16H,3,6-11,19H2,1-2H3;1H/t16-;/m0./s1. The largest absolute Gasteiger partial charge is 0.339 e. The van der Waals surface area contributed by atoms with Crippen molar-refractivity contribution < 1.29 is 9.32 Å². The van der Waals surface area contributed by atoms with E-state index in [-0.39, 0.29) is 24.2 Å². The van der Waals surface area contributed by atoms with Crippen LogP contribution in [0.25, 0.3) is 10.7 Å². The number of carbonyl (C=O) groups excluding carboxylic acids is 1. The lowest BCUT2D eigenvalue weighted by atomic mass is 10.0. The number of aromatic nitrogens is 2. The van der Waals surface area contributed by atoms with Gasteiger partial charge in [0, 0.05) is 32.6 Å². The van der Waals surface area contributed by atoms with Crippen LogP contribution < -0.4 is 5.73 Å². The highest BCUT2D eigenvalue weighted by Crippen LogP contribution is 2.21. The molecular weight excluding hydrogens is 386 g/mol. The Labute approximate surface area is 170 Å². The minimum Gasteiger partial charge on any atom is -0.339 e. The Morgan fingerprint density at radius 3 is 2.70 bits per heavy atom. The van der Waals surface area contributed by atoms with E-state index in [1.165, 1.54) is 0 Å². The molecule has 1 aliphatic rings. The number of amides is 1. The SMILES string of the molecule is CC(C)[C@H](N)C(=O)N1CCN(CCCc2nc(-c3cccs3)no2)CC1.Cl. The van der Waals surface area contributed by atoms with Gasteiger partial charge >= 0.3 is 0 Å². The molecular formula is C18H28ClN5O2S. The van der Waals surface area contributed by atoms with Gasteiger partial charge in [0.25, 0.3) is 0 Å². The first kappa shape index (κ1) is 21.8. The van der Waals surface area contributed by atoms with Gasteiger partial charge < -0.3 is 15.2 Å². The second-order valence-corrected chi connectivity index (χ2v) is 7.98. The van der Waals surface area contributed by atoms with E-state index in [9.17, 15) is 4.79 Å². The number of rotatable bonds is 7. The fourth-order valence-corrected chi connectivity index (χ4v) is 3.65. The molecule has 9 heteroatoms. The van der Waals surface area contributed by atoms with Crippen LogP contribution >= 0.6 is 23.7 Å². The Bertz CT molecular complexity index is 698. The molecule has 2 aromatic heterocycles. The van der Waals surface area contributed by atoms with Crippen LogP contribution in [0.1, 0.15) is 26.2 Å². The van der Waals surface area contributed by atoms with Crippen LogP contribution in [0.3, 0.4) is 0 Å². The normalized spacial score (nSPS) is 16.4. The summed E-state index contributed by atoms with van der Waals surface area (Å²) < 4.78 is 5.34. The maximum Gasteiger partial charge on any atom is 0.239 e. The summed E-state index contributed by atoms with van der Waals surface area (Å²) in [6.07, 6.45) is 1.74. The predicted molar refractivity (Wildman–Crippen MR) is 109 cm³/mol. The number of piperazine rings is 1. The molecule has 3 heterocycles. The van der Waals surface area contributed by atoms with E-state index in [2.05, 4.69) is 15.0 Å². The second kappa shape index (κ2) is 10.2. The van der Waals surface area contributed by atoms with Crippen LogP contribution in [-0.2, 0) is 11.2 Å². The second-order valence-electron chi connectivity index (χ2n) is 7.03. The number of nitrogens with two attached hydrogens (primary N) is 1. The average Bonchev–Trinajstić information content (AvgIpc) is 3.32. The summed E-state index contributed by atoms with van der Waals surface area (Å²) in [5, 5.41) is 6.04. The van der Waals surface area contributed by atoms with E-state index in [0.717, 1.165) is 50.4 Å². The maximum absolute atomic E-state index is 12.3. The van der Waals surface area contributed by atoms with Crippen molar-refractivity contribution in [3.05, 3.63) is 23.4 Å². The summed E-state index contributed by atoms with van der Waals surface area (Å²) in [5.41, 5.74) is 5.98. The van der Waals surface area contributed by atoms with Crippen LogP contribution in [0.2, 0.25) is 0 Å². The highest BCUT2D eigenvalue weighted by Gasteiger charge is 2.26. The lowest BCUT2D eigenvalue weighted by Crippen LogP contribution is -2.54. The van der Waals surface area contributed by atoms with Crippen molar-refractivity contribution in [1.82, 2.24) is 19.9 Å². The van der Waals surface area contributed by atoms with Crippen molar-refractivity contribution in [2.24, 2.45) is 11.7 Å². The molecule has 150 valence electrons. The molecule has 1 fully saturated rings. The maximum atomic E-state index is 12.3. The van der Waals surface area contributed by atoms with Crippen LogP contribution in [0.15, 0.2) is 22.0 Å². The Balaban J connectivity index is 0.00000261. The molecule has 1 saturated heterocycles. The number of nitrogens with zero attached hydrogens (tertiary/aromatic N) is 4. The highest BCUT2D eigenvalue weighted by molar-refractivity contribution is 7.13. The van der Waals surface area contributed by atoms with E-state index in [1.807, 2.05) is 36.3 Å². The fourth-order valence-electron chi connectivity index (χ4n) is 3.00. The van der Waals surface area contributed by atoms with Crippen LogP contribution in [0.5, 0.6) is 0 Å². The monoisotopic (exact) mass is 413 g/mol. The Hall–Kier alpha value is -1.48. The molecule has 27 heavy (non-hydrogen) atoms. The molecule has 1 amide bonds. The van der Waals surface area contributed by atoms with Gasteiger partial charge in [-0.1, -0.05) is 25.1 Å². The number of hydrogen-bond donors (Lipinski definition) is 1. The molecule has 0 saturated carbocycles. The molecule has 7 nitrogen and oxygen atoms in total. The van der Waals surface area contributed by atoms with Gasteiger partial charge in [0.2, 0.25) is 17.6 Å². The van der Waals surface area contributed by atoms with Crippen molar-refractivity contribution in [2.75, 3.05) is 32.7 Å². The van der Waals surface area contributed by atoms with Crippen LogP contribution in [-0.4, -0.2) is 64.6 Å². The van der Waals surface area contributed by atoms with Gasteiger partial charge in [-0.3, -0.25) is 9.69 Å². The molecule has 1 aliphatic heterocycles. The molecule has 3 rings (SSSR count). The third-order valence-corrected chi connectivity index (χ3v) is 5.63. The predicted octanol–water partition coefficient (Wildman–Crippen LogP) is 2.28. The van der Waals surface area contributed by atoms with E-state index < -0.39 is 6.04 Å². The van der Waals surface area contributed by atoms with E-state index in [0.29, 0.717) is 11.7 Å². The lowest BCUT2D eigenvalue weighted by Gasteiger charge is -2.36. The van der Waals surface area contributed by atoms with Gasteiger partial charge in [0.15, 0.2) is 0 Å². The summed E-state index contributed by atoms with van der Waals surface area (Å²) in [5.74, 6) is 1.61. The van der Waals surface area contributed by atoms with Gasteiger partial charge in [-0.2, -0.15) is 4.98 Å². The van der Waals surface area contributed by atoms with E-state index in [1.54, 1.807) is 11.3 Å². The van der Waals surface area contributed by atoms with Gasteiger partial charge in [-0.25, -0.2) is 0 Å². The molecule has 0 radical (unpaired) electrons. The zero-order chi connectivity index (χ0) is 18.5. The Morgan fingerprint density at radius 1 is 1.33 bits per heavy atom. The van der Waals surface area contributed by atoms with Crippen LogP contribution in [0.4, 0.5) is 0 Å². The summed E-state index contributed by atoms with van der Waals surface area (Å²) in [6, 6.07) is 3.58. The molecule has 2 N–H and O–H groups in total. The lowest BCUT2D eigenvalue weighted by molar-refractivity contribution is -0.135. The quantitative estimate of drug-likeness (QED) is 0.749. The minimum atomic E-state index is -0.392. The Morgan fingerprint density at radius 2 is 2.07 bits per heavy atom. The number of thiophene rings is 1.